The number of methoxy groups -OCH3 is 1. The molecule has 100 valence electrons. The van der Waals surface area contributed by atoms with E-state index in [1.165, 1.54) is 18.4 Å². The number of hydrogen-bond acceptors (Lipinski definition) is 6. The number of hydrogen-bond donors (Lipinski definition) is 2. The third kappa shape index (κ3) is 3.45. The highest BCUT2D eigenvalue weighted by molar-refractivity contribution is 9.10. The summed E-state index contributed by atoms with van der Waals surface area (Å²) in [5.41, 5.74) is 6.76. The molecule has 0 unspecified atom stereocenters. The number of esters is 1. The van der Waals surface area contributed by atoms with E-state index in [1.807, 2.05) is 24.3 Å². The van der Waals surface area contributed by atoms with E-state index in [0.29, 0.717) is 16.6 Å². The maximum absolute atomic E-state index is 11.4. The average Bonchev–Trinajstić information content (AvgIpc) is 2.77. The van der Waals surface area contributed by atoms with Crippen molar-refractivity contribution < 1.29 is 9.53 Å². The van der Waals surface area contributed by atoms with Gasteiger partial charge in [-0.2, -0.15) is 0 Å². The summed E-state index contributed by atoms with van der Waals surface area (Å²) in [6.45, 7) is 0.604. The van der Waals surface area contributed by atoms with E-state index in [9.17, 15) is 4.79 Å². The van der Waals surface area contributed by atoms with E-state index in [0.717, 1.165) is 10.0 Å². The molecular weight excluding hydrogens is 330 g/mol. The molecule has 5 nitrogen and oxygen atoms in total. The number of anilines is 2. The lowest BCUT2D eigenvalue weighted by atomic mass is 10.2. The fourth-order valence-electron chi connectivity index (χ4n) is 1.47. The molecular formula is C12H12BrN3O2S. The molecule has 1 aromatic heterocycles. The van der Waals surface area contributed by atoms with Gasteiger partial charge in [-0.15, -0.1) is 0 Å². The summed E-state index contributed by atoms with van der Waals surface area (Å²) in [5.74, 6) is -0.279. The van der Waals surface area contributed by atoms with Crippen molar-refractivity contribution in [3.63, 3.8) is 0 Å². The molecule has 0 atom stereocenters. The van der Waals surface area contributed by atoms with Crippen molar-refractivity contribution in [3.8, 4) is 0 Å². The summed E-state index contributed by atoms with van der Waals surface area (Å²) in [5, 5.41) is 3.72. The summed E-state index contributed by atoms with van der Waals surface area (Å²) < 4.78 is 5.64. The third-order valence-corrected chi connectivity index (χ3v) is 3.86. The molecule has 0 aliphatic rings. The molecule has 1 heterocycles. The lowest BCUT2D eigenvalue weighted by Crippen LogP contribution is -2.02. The van der Waals surface area contributed by atoms with Gasteiger partial charge in [0.15, 0.2) is 15.8 Å². The van der Waals surface area contributed by atoms with Crippen molar-refractivity contribution in [2.75, 3.05) is 18.2 Å². The lowest BCUT2D eigenvalue weighted by Gasteiger charge is -2.02. The van der Waals surface area contributed by atoms with Crippen LogP contribution in [0.5, 0.6) is 0 Å². The first-order valence-electron chi connectivity index (χ1n) is 5.43. The second-order valence-corrected chi connectivity index (χ2v) is 5.62. The highest BCUT2D eigenvalue weighted by Crippen LogP contribution is 2.26. The van der Waals surface area contributed by atoms with Gasteiger partial charge in [-0.3, -0.25) is 0 Å². The number of benzene rings is 1. The molecule has 1 aromatic carbocycles. The molecule has 0 bridgehead atoms. The van der Waals surface area contributed by atoms with Crippen molar-refractivity contribution in [3.05, 3.63) is 39.2 Å². The first kappa shape index (κ1) is 13.8. The fraction of sp³-hybridized carbons (Fsp3) is 0.167. The van der Waals surface area contributed by atoms with Crippen LogP contribution < -0.4 is 11.1 Å². The maximum atomic E-state index is 11.4. The van der Waals surface area contributed by atoms with Crippen LogP contribution in [0.3, 0.4) is 0 Å². The first-order valence-corrected chi connectivity index (χ1v) is 7.04. The van der Waals surface area contributed by atoms with Gasteiger partial charge >= 0.3 is 5.97 Å². The Balaban J connectivity index is 2.06. The number of carbonyl (C=O) groups is 1. The van der Waals surface area contributed by atoms with Crippen LogP contribution in [0.15, 0.2) is 28.7 Å². The minimum absolute atomic E-state index is 0.189. The number of carbonyl (C=O) groups excluding carboxylic acids is 1. The quantitative estimate of drug-likeness (QED) is 0.836. The Labute approximate surface area is 122 Å². The number of rotatable bonds is 4. The van der Waals surface area contributed by atoms with Gasteiger partial charge in [0.1, 0.15) is 0 Å². The predicted molar refractivity (Wildman–Crippen MR) is 79.3 cm³/mol. The SMILES string of the molecule is COC(=O)c1sc(NCc2cccc(Br)c2)nc1N. The van der Waals surface area contributed by atoms with Gasteiger partial charge in [0, 0.05) is 11.0 Å². The highest BCUT2D eigenvalue weighted by Gasteiger charge is 2.16. The minimum atomic E-state index is -0.467. The summed E-state index contributed by atoms with van der Waals surface area (Å²) >= 11 is 4.59. The van der Waals surface area contributed by atoms with Crippen molar-refractivity contribution in [2.45, 2.75) is 6.54 Å². The Kier molecular flexibility index (Phi) is 4.39. The van der Waals surface area contributed by atoms with E-state index in [1.54, 1.807) is 0 Å². The number of thiazole rings is 1. The Bertz CT molecular complexity index is 600. The van der Waals surface area contributed by atoms with Gasteiger partial charge in [-0.1, -0.05) is 39.4 Å². The molecule has 2 rings (SSSR count). The molecule has 0 saturated carbocycles. The van der Waals surface area contributed by atoms with Gasteiger partial charge in [0.25, 0.3) is 0 Å². The Morgan fingerprint density at radius 3 is 3.05 bits per heavy atom. The molecule has 0 saturated heterocycles. The number of nitrogens with one attached hydrogen (secondary N) is 1. The number of aromatic nitrogens is 1. The molecule has 19 heavy (non-hydrogen) atoms. The molecule has 0 amide bonds. The normalized spacial score (nSPS) is 10.2. The van der Waals surface area contributed by atoms with Crippen LogP contribution in [0, 0.1) is 0 Å². The molecule has 3 N–H and O–H groups in total. The zero-order valence-corrected chi connectivity index (χ0v) is 12.5. The van der Waals surface area contributed by atoms with E-state index < -0.39 is 5.97 Å². The number of nitrogens with zero attached hydrogens (tertiary/aromatic N) is 1. The third-order valence-electron chi connectivity index (χ3n) is 2.36. The number of halogens is 1. The van der Waals surface area contributed by atoms with Crippen molar-refractivity contribution in [1.29, 1.82) is 0 Å². The smallest absolute Gasteiger partial charge is 0.351 e. The first-order chi connectivity index (χ1) is 9.10. The summed E-state index contributed by atoms with van der Waals surface area (Å²) in [6, 6.07) is 7.92. The fourth-order valence-corrected chi connectivity index (χ4v) is 2.72. The monoisotopic (exact) mass is 341 g/mol. The van der Waals surface area contributed by atoms with Gasteiger partial charge in [0.05, 0.1) is 7.11 Å². The standard InChI is InChI=1S/C12H12BrN3O2S/c1-18-11(17)9-10(14)16-12(19-9)15-6-7-3-2-4-8(13)5-7/h2-5H,6,14H2,1H3,(H,15,16). The van der Waals surface area contributed by atoms with Gasteiger partial charge in [-0.05, 0) is 17.7 Å². The lowest BCUT2D eigenvalue weighted by molar-refractivity contribution is 0.0607. The molecule has 0 spiro atoms. The van der Waals surface area contributed by atoms with E-state index >= 15 is 0 Å². The Morgan fingerprint density at radius 1 is 1.58 bits per heavy atom. The summed E-state index contributed by atoms with van der Waals surface area (Å²) in [6.07, 6.45) is 0. The van der Waals surface area contributed by atoms with E-state index in [4.69, 9.17) is 5.73 Å². The predicted octanol–water partition coefficient (Wildman–Crippen LogP) is 2.89. The molecule has 0 fully saturated rings. The van der Waals surface area contributed by atoms with Crippen molar-refractivity contribution in [2.24, 2.45) is 0 Å². The van der Waals surface area contributed by atoms with E-state index in [-0.39, 0.29) is 5.82 Å². The number of nitrogens with two attached hydrogens (primary N) is 1. The zero-order chi connectivity index (χ0) is 13.8. The summed E-state index contributed by atoms with van der Waals surface area (Å²) in [7, 11) is 1.32. The van der Waals surface area contributed by atoms with Gasteiger partial charge in [-0.25, -0.2) is 9.78 Å². The highest BCUT2D eigenvalue weighted by atomic mass is 79.9. The average molecular weight is 342 g/mol. The van der Waals surface area contributed by atoms with Crippen LogP contribution in [0.2, 0.25) is 0 Å². The largest absolute Gasteiger partial charge is 0.465 e. The van der Waals surface area contributed by atoms with Crippen molar-refractivity contribution >= 4 is 44.2 Å². The van der Waals surface area contributed by atoms with Crippen LogP contribution in [0.4, 0.5) is 10.9 Å². The number of ether oxygens (including phenoxy) is 1. The van der Waals surface area contributed by atoms with Crippen LogP contribution >= 0.6 is 27.3 Å². The Hall–Kier alpha value is -1.60. The second kappa shape index (κ2) is 6.03. The zero-order valence-electron chi connectivity index (χ0n) is 10.1. The van der Waals surface area contributed by atoms with Gasteiger partial charge in [0.2, 0.25) is 0 Å². The van der Waals surface area contributed by atoms with Crippen LogP contribution in [0.25, 0.3) is 0 Å². The molecule has 7 heteroatoms. The maximum Gasteiger partial charge on any atom is 0.351 e. The Morgan fingerprint density at radius 2 is 2.37 bits per heavy atom. The topological polar surface area (TPSA) is 77.2 Å². The molecule has 0 aliphatic heterocycles. The molecule has 0 radical (unpaired) electrons. The second-order valence-electron chi connectivity index (χ2n) is 3.71. The van der Waals surface area contributed by atoms with Crippen LogP contribution in [-0.4, -0.2) is 18.1 Å². The van der Waals surface area contributed by atoms with Crippen LogP contribution in [0.1, 0.15) is 15.2 Å². The summed E-state index contributed by atoms with van der Waals surface area (Å²) in [4.78, 5) is 15.8. The van der Waals surface area contributed by atoms with Crippen molar-refractivity contribution in [1.82, 2.24) is 4.98 Å². The minimum Gasteiger partial charge on any atom is -0.465 e. The van der Waals surface area contributed by atoms with E-state index in [2.05, 4.69) is 31.0 Å². The number of nitrogen functional groups attached to an aromatic ring is 1. The molecule has 2 aromatic rings. The molecule has 0 aliphatic carbocycles. The van der Waals surface area contributed by atoms with Gasteiger partial charge < -0.3 is 15.8 Å². The van der Waals surface area contributed by atoms with Crippen LogP contribution in [-0.2, 0) is 11.3 Å².